The Kier molecular flexibility index (Phi) is 4.24. The van der Waals surface area contributed by atoms with Gasteiger partial charge < -0.3 is 4.74 Å². The van der Waals surface area contributed by atoms with Gasteiger partial charge in [-0.2, -0.15) is 18.4 Å². The molecular weight excluding hydrogens is 267 g/mol. The number of rotatable bonds is 2. The van der Waals surface area contributed by atoms with Crippen LogP contribution in [0.4, 0.5) is 13.2 Å². The van der Waals surface area contributed by atoms with E-state index in [1.165, 1.54) is 13.0 Å². The third-order valence-corrected chi connectivity index (χ3v) is 3.01. The SMILES string of the molecule is COC(=O)c1cc(C)c(SC(F)(F)F)c(C#N)c1. The molecule has 96 valence electrons. The lowest BCUT2D eigenvalue weighted by molar-refractivity contribution is -0.0328. The fraction of sp³-hybridized carbons (Fsp3) is 0.273. The van der Waals surface area contributed by atoms with Gasteiger partial charge in [0, 0.05) is 4.90 Å². The maximum atomic E-state index is 12.3. The van der Waals surface area contributed by atoms with Crippen molar-refractivity contribution >= 4 is 17.7 Å². The summed E-state index contributed by atoms with van der Waals surface area (Å²) in [6.07, 6.45) is 0. The van der Waals surface area contributed by atoms with Crippen LogP contribution in [0.1, 0.15) is 21.5 Å². The average molecular weight is 275 g/mol. The highest BCUT2D eigenvalue weighted by Crippen LogP contribution is 2.40. The highest BCUT2D eigenvalue weighted by Gasteiger charge is 2.31. The van der Waals surface area contributed by atoms with E-state index in [4.69, 9.17) is 5.26 Å². The zero-order valence-corrected chi connectivity index (χ0v) is 10.3. The van der Waals surface area contributed by atoms with Gasteiger partial charge in [0.05, 0.1) is 18.2 Å². The standard InChI is InChI=1S/C11H8F3NO2S/c1-6-3-7(10(16)17-2)4-8(5-15)9(6)18-11(12,13)14/h3-4H,1-2H3. The van der Waals surface area contributed by atoms with Crippen LogP contribution in [0.5, 0.6) is 0 Å². The van der Waals surface area contributed by atoms with Crippen molar-refractivity contribution in [3.05, 3.63) is 28.8 Å². The van der Waals surface area contributed by atoms with E-state index < -0.39 is 11.5 Å². The smallest absolute Gasteiger partial charge is 0.446 e. The van der Waals surface area contributed by atoms with Crippen LogP contribution >= 0.6 is 11.8 Å². The zero-order chi connectivity index (χ0) is 13.9. The molecule has 0 aromatic heterocycles. The number of hydrogen-bond donors (Lipinski definition) is 0. The van der Waals surface area contributed by atoms with Gasteiger partial charge in [-0.05, 0) is 36.4 Å². The predicted octanol–water partition coefficient (Wildman–Crippen LogP) is 3.27. The molecule has 0 fully saturated rings. The maximum Gasteiger partial charge on any atom is 0.446 e. The second kappa shape index (κ2) is 5.31. The summed E-state index contributed by atoms with van der Waals surface area (Å²) in [5.41, 5.74) is -4.42. The number of nitriles is 1. The molecule has 0 spiro atoms. The van der Waals surface area contributed by atoms with Crippen LogP contribution in [0.15, 0.2) is 17.0 Å². The minimum absolute atomic E-state index is 0.0538. The van der Waals surface area contributed by atoms with E-state index in [2.05, 4.69) is 4.74 Å². The van der Waals surface area contributed by atoms with Crippen LogP contribution in [0.3, 0.4) is 0 Å². The Labute approximate surface area is 106 Å². The summed E-state index contributed by atoms with van der Waals surface area (Å²) in [5, 5.41) is 8.84. The molecule has 0 aliphatic heterocycles. The van der Waals surface area contributed by atoms with Gasteiger partial charge in [0.25, 0.3) is 0 Å². The van der Waals surface area contributed by atoms with Crippen molar-refractivity contribution in [3.63, 3.8) is 0 Å². The average Bonchev–Trinajstić information content (AvgIpc) is 2.28. The molecule has 0 atom stereocenters. The second-order valence-corrected chi connectivity index (χ2v) is 4.40. The molecule has 0 bridgehead atoms. The van der Waals surface area contributed by atoms with Gasteiger partial charge in [-0.25, -0.2) is 4.79 Å². The number of alkyl halides is 3. The van der Waals surface area contributed by atoms with Crippen molar-refractivity contribution in [1.29, 1.82) is 5.26 Å². The quantitative estimate of drug-likeness (QED) is 0.614. The fourth-order valence-corrected chi connectivity index (χ4v) is 2.01. The third kappa shape index (κ3) is 3.40. The van der Waals surface area contributed by atoms with Crippen LogP contribution in [0.25, 0.3) is 0 Å². The lowest BCUT2D eigenvalue weighted by atomic mass is 10.1. The van der Waals surface area contributed by atoms with Crippen molar-refractivity contribution in [2.45, 2.75) is 17.3 Å². The van der Waals surface area contributed by atoms with Gasteiger partial charge in [0.15, 0.2) is 0 Å². The van der Waals surface area contributed by atoms with E-state index in [0.29, 0.717) is 0 Å². The monoisotopic (exact) mass is 275 g/mol. The Morgan fingerprint density at radius 3 is 2.50 bits per heavy atom. The number of carbonyl (C=O) groups is 1. The molecule has 0 saturated heterocycles. The molecule has 0 heterocycles. The largest absolute Gasteiger partial charge is 0.465 e. The van der Waals surface area contributed by atoms with Crippen molar-refractivity contribution in [3.8, 4) is 6.07 Å². The van der Waals surface area contributed by atoms with Crippen LogP contribution in [-0.4, -0.2) is 18.6 Å². The molecule has 0 saturated carbocycles. The minimum Gasteiger partial charge on any atom is -0.465 e. The van der Waals surface area contributed by atoms with Crippen LogP contribution < -0.4 is 0 Å². The van der Waals surface area contributed by atoms with Crippen molar-refractivity contribution in [2.75, 3.05) is 7.11 Å². The molecule has 0 aliphatic rings. The summed E-state index contributed by atoms with van der Waals surface area (Å²) in [7, 11) is 1.15. The van der Waals surface area contributed by atoms with Gasteiger partial charge in [-0.15, -0.1) is 0 Å². The number of ether oxygens (including phenoxy) is 1. The van der Waals surface area contributed by atoms with Crippen molar-refractivity contribution in [2.24, 2.45) is 0 Å². The number of methoxy groups -OCH3 is 1. The Bertz CT molecular complexity index is 520. The molecule has 0 unspecified atom stereocenters. The Balaban J connectivity index is 3.30. The van der Waals surface area contributed by atoms with Gasteiger partial charge in [-0.1, -0.05) is 0 Å². The highest BCUT2D eigenvalue weighted by molar-refractivity contribution is 8.00. The molecule has 0 amide bonds. The van der Waals surface area contributed by atoms with Gasteiger partial charge >= 0.3 is 11.5 Å². The van der Waals surface area contributed by atoms with E-state index in [1.807, 2.05) is 0 Å². The summed E-state index contributed by atoms with van der Waals surface area (Å²) in [4.78, 5) is 11.1. The predicted molar refractivity (Wildman–Crippen MR) is 59.1 cm³/mol. The molecule has 1 aromatic carbocycles. The third-order valence-electron chi connectivity index (χ3n) is 2.03. The molecule has 18 heavy (non-hydrogen) atoms. The van der Waals surface area contributed by atoms with Gasteiger partial charge in [-0.3, -0.25) is 0 Å². The summed E-state index contributed by atoms with van der Waals surface area (Å²) in [6.45, 7) is 1.40. The normalized spacial score (nSPS) is 10.9. The summed E-state index contributed by atoms with van der Waals surface area (Å²) in [5.74, 6) is -0.696. The van der Waals surface area contributed by atoms with Crippen molar-refractivity contribution in [1.82, 2.24) is 0 Å². The first-order chi connectivity index (χ1) is 8.28. The molecule has 0 radical (unpaired) electrons. The van der Waals surface area contributed by atoms with E-state index in [9.17, 15) is 18.0 Å². The highest BCUT2D eigenvalue weighted by atomic mass is 32.2. The van der Waals surface area contributed by atoms with Crippen LogP contribution in [-0.2, 0) is 4.74 Å². The molecule has 0 aliphatic carbocycles. The topological polar surface area (TPSA) is 50.1 Å². The van der Waals surface area contributed by atoms with E-state index in [-0.39, 0.29) is 33.3 Å². The Morgan fingerprint density at radius 2 is 2.06 bits per heavy atom. The number of nitrogens with zero attached hydrogens (tertiary/aromatic N) is 1. The Hall–Kier alpha value is -1.68. The van der Waals surface area contributed by atoms with Crippen LogP contribution in [0, 0.1) is 18.3 Å². The number of benzene rings is 1. The number of thioether (sulfide) groups is 1. The second-order valence-electron chi connectivity index (χ2n) is 3.32. The van der Waals surface area contributed by atoms with Crippen molar-refractivity contribution < 1.29 is 22.7 Å². The number of aryl methyl sites for hydroxylation is 1. The first kappa shape index (κ1) is 14.4. The maximum absolute atomic E-state index is 12.3. The fourth-order valence-electron chi connectivity index (χ4n) is 1.34. The van der Waals surface area contributed by atoms with E-state index in [1.54, 1.807) is 6.07 Å². The lowest BCUT2D eigenvalue weighted by Crippen LogP contribution is -2.06. The summed E-state index contributed by atoms with van der Waals surface area (Å²) < 4.78 is 41.4. The molecular formula is C11H8F3NO2S. The molecule has 3 nitrogen and oxygen atoms in total. The minimum atomic E-state index is -4.48. The summed E-state index contributed by atoms with van der Waals surface area (Å²) >= 11 is -0.368. The Morgan fingerprint density at radius 1 is 1.44 bits per heavy atom. The van der Waals surface area contributed by atoms with Crippen LogP contribution in [0.2, 0.25) is 0 Å². The zero-order valence-electron chi connectivity index (χ0n) is 9.46. The van der Waals surface area contributed by atoms with E-state index in [0.717, 1.165) is 13.2 Å². The first-order valence-electron chi connectivity index (χ1n) is 4.67. The lowest BCUT2D eigenvalue weighted by Gasteiger charge is -2.11. The number of esters is 1. The molecule has 0 N–H and O–H groups in total. The molecule has 1 rings (SSSR count). The van der Waals surface area contributed by atoms with Gasteiger partial charge in [0.2, 0.25) is 0 Å². The van der Waals surface area contributed by atoms with E-state index >= 15 is 0 Å². The van der Waals surface area contributed by atoms with Gasteiger partial charge in [0.1, 0.15) is 6.07 Å². The number of hydrogen-bond acceptors (Lipinski definition) is 4. The first-order valence-corrected chi connectivity index (χ1v) is 5.49. The molecule has 1 aromatic rings. The molecule has 7 heteroatoms. The number of halogens is 3. The number of carbonyl (C=O) groups excluding carboxylic acids is 1. The summed E-state index contributed by atoms with van der Waals surface area (Å²) in [6, 6.07) is 4.00.